The minimum absolute atomic E-state index is 0.0183. The van der Waals surface area contributed by atoms with Crippen molar-refractivity contribution in [1.82, 2.24) is 14.9 Å². The fourth-order valence-electron chi connectivity index (χ4n) is 2.41. The van der Waals surface area contributed by atoms with Crippen LogP contribution in [0.3, 0.4) is 0 Å². The Bertz CT molecular complexity index is 690. The van der Waals surface area contributed by atoms with E-state index in [0.29, 0.717) is 24.4 Å². The van der Waals surface area contributed by atoms with Gasteiger partial charge in [-0.05, 0) is 34.1 Å². The van der Waals surface area contributed by atoms with Crippen LogP contribution in [-0.2, 0) is 13.0 Å². The summed E-state index contributed by atoms with van der Waals surface area (Å²) in [5.41, 5.74) is 2.64. The molecule has 21 heavy (non-hydrogen) atoms. The first-order chi connectivity index (χ1) is 10.2. The maximum Gasteiger partial charge on any atom is 0.255 e. The zero-order valence-corrected chi connectivity index (χ0v) is 13.1. The highest BCUT2D eigenvalue weighted by Crippen LogP contribution is 2.26. The molecule has 0 atom stereocenters. The van der Waals surface area contributed by atoms with Crippen molar-refractivity contribution in [2.24, 2.45) is 0 Å². The van der Waals surface area contributed by atoms with Crippen molar-refractivity contribution < 1.29 is 9.53 Å². The van der Waals surface area contributed by atoms with E-state index < -0.39 is 0 Å². The summed E-state index contributed by atoms with van der Waals surface area (Å²) < 4.78 is 5.96. The standard InChI is InChI=1S/C15H14BrN3O2/c1-21-11-2-3-13(16)12(6-11)15(20)19-5-4-14-10(8-19)7-17-9-18-14/h2-3,6-7,9H,4-5,8H2,1H3. The number of hydrogen-bond acceptors (Lipinski definition) is 4. The third-order valence-corrected chi connectivity index (χ3v) is 4.24. The second-order valence-corrected chi connectivity index (χ2v) is 5.67. The average Bonchev–Trinajstić information content (AvgIpc) is 2.54. The molecule has 5 nitrogen and oxygen atoms in total. The van der Waals surface area contributed by atoms with Gasteiger partial charge in [-0.3, -0.25) is 4.79 Å². The second kappa shape index (κ2) is 5.81. The lowest BCUT2D eigenvalue weighted by atomic mass is 10.1. The molecular formula is C15H14BrN3O2. The van der Waals surface area contributed by atoms with Crippen LogP contribution in [0.25, 0.3) is 0 Å². The SMILES string of the molecule is COc1ccc(Br)c(C(=O)N2CCc3ncncc3C2)c1. The van der Waals surface area contributed by atoms with E-state index in [0.717, 1.165) is 22.2 Å². The zero-order chi connectivity index (χ0) is 14.8. The first kappa shape index (κ1) is 14.0. The lowest BCUT2D eigenvalue weighted by Gasteiger charge is -2.28. The molecule has 1 amide bonds. The molecule has 1 aromatic heterocycles. The summed E-state index contributed by atoms with van der Waals surface area (Å²) in [5.74, 6) is 0.651. The Balaban J connectivity index is 1.87. The number of amides is 1. The van der Waals surface area contributed by atoms with Crippen LogP contribution >= 0.6 is 15.9 Å². The number of methoxy groups -OCH3 is 1. The van der Waals surface area contributed by atoms with Crippen LogP contribution in [0.4, 0.5) is 0 Å². The molecule has 108 valence electrons. The van der Waals surface area contributed by atoms with E-state index in [9.17, 15) is 4.79 Å². The van der Waals surface area contributed by atoms with Crippen molar-refractivity contribution in [3.8, 4) is 5.75 Å². The third kappa shape index (κ3) is 2.76. The number of fused-ring (bicyclic) bond motifs is 1. The summed E-state index contributed by atoms with van der Waals surface area (Å²) in [4.78, 5) is 22.8. The van der Waals surface area contributed by atoms with Gasteiger partial charge in [0.15, 0.2) is 0 Å². The largest absolute Gasteiger partial charge is 0.497 e. The molecular weight excluding hydrogens is 334 g/mol. The quantitative estimate of drug-likeness (QED) is 0.837. The van der Waals surface area contributed by atoms with Gasteiger partial charge in [-0.1, -0.05) is 0 Å². The van der Waals surface area contributed by atoms with Crippen LogP contribution < -0.4 is 4.74 Å². The Hall–Kier alpha value is -1.95. The summed E-state index contributed by atoms with van der Waals surface area (Å²) in [6.07, 6.45) is 4.09. The van der Waals surface area contributed by atoms with Crippen LogP contribution in [0.5, 0.6) is 5.75 Å². The number of rotatable bonds is 2. The van der Waals surface area contributed by atoms with Crippen molar-refractivity contribution >= 4 is 21.8 Å². The van der Waals surface area contributed by atoms with E-state index in [2.05, 4.69) is 25.9 Å². The van der Waals surface area contributed by atoms with E-state index in [4.69, 9.17) is 4.74 Å². The van der Waals surface area contributed by atoms with Crippen molar-refractivity contribution in [1.29, 1.82) is 0 Å². The minimum Gasteiger partial charge on any atom is -0.497 e. The van der Waals surface area contributed by atoms with Crippen LogP contribution in [0.2, 0.25) is 0 Å². The van der Waals surface area contributed by atoms with E-state index in [1.807, 2.05) is 17.0 Å². The maximum absolute atomic E-state index is 12.7. The molecule has 2 aromatic rings. The summed E-state index contributed by atoms with van der Waals surface area (Å²) >= 11 is 3.43. The predicted molar refractivity (Wildman–Crippen MR) is 81.2 cm³/mol. The molecule has 2 heterocycles. The van der Waals surface area contributed by atoms with Gasteiger partial charge in [-0.15, -0.1) is 0 Å². The van der Waals surface area contributed by atoms with E-state index in [-0.39, 0.29) is 5.91 Å². The van der Waals surface area contributed by atoms with Gasteiger partial charge in [-0.2, -0.15) is 0 Å². The molecule has 0 bridgehead atoms. The predicted octanol–water partition coefficient (Wildman–Crippen LogP) is 2.45. The average molecular weight is 348 g/mol. The molecule has 0 saturated carbocycles. The van der Waals surface area contributed by atoms with Gasteiger partial charge in [0.25, 0.3) is 5.91 Å². The fourth-order valence-corrected chi connectivity index (χ4v) is 2.82. The number of carbonyl (C=O) groups excluding carboxylic acids is 1. The molecule has 0 N–H and O–H groups in total. The highest BCUT2D eigenvalue weighted by Gasteiger charge is 2.24. The first-order valence-electron chi connectivity index (χ1n) is 6.59. The highest BCUT2D eigenvalue weighted by molar-refractivity contribution is 9.10. The van der Waals surface area contributed by atoms with Crippen molar-refractivity contribution in [3.05, 3.63) is 52.0 Å². The molecule has 6 heteroatoms. The molecule has 0 spiro atoms. The fraction of sp³-hybridized carbons (Fsp3) is 0.267. The maximum atomic E-state index is 12.7. The number of benzene rings is 1. The van der Waals surface area contributed by atoms with E-state index in [1.54, 1.807) is 25.7 Å². The van der Waals surface area contributed by atoms with Gasteiger partial charge in [0.2, 0.25) is 0 Å². The normalized spacial score (nSPS) is 13.7. The second-order valence-electron chi connectivity index (χ2n) is 4.82. The van der Waals surface area contributed by atoms with Crippen LogP contribution in [0.15, 0.2) is 35.2 Å². The Labute approximate surface area is 131 Å². The molecule has 0 unspecified atom stereocenters. The summed E-state index contributed by atoms with van der Waals surface area (Å²) in [5, 5.41) is 0. The lowest BCUT2D eigenvalue weighted by molar-refractivity contribution is 0.0732. The zero-order valence-electron chi connectivity index (χ0n) is 11.5. The molecule has 3 rings (SSSR count). The number of ether oxygens (including phenoxy) is 1. The summed E-state index contributed by atoms with van der Waals surface area (Å²) in [6.45, 7) is 1.20. The molecule has 0 radical (unpaired) electrons. The summed E-state index contributed by atoms with van der Waals surface area (Å²) in [7, 11) is 1.59. The van der Waals surface area contributed by atoms with Crippen LogP contribution in [0, 0.1) is 0 Å². The molecule has 1 aliphatic rings. The van der Waals surface area contributed by atoms with E-state index >= 15 is 0 Å². The van der Waals surface area contributed by atoms with Gasteiger partial charge in [0.05, 0.1) is 18.4 Å². The molecule has 0 aliphatic carbocycles. The van der Waals surface area contributed by atoms with Crippen molar-refractivity contribution in [2.75, 3.05) is 13.7 Å². The van der Waals surface area contributed by atoms with Gasteiger partial charge >= 0.3 is 0 Å². The Morgan fingerprint density at radius 3 is 3.10 bits per heavy atom. The monoisotopic (exact) mass is 347 g/mol. The van der Waals surface area contributed by atoms with Gasteiger partial charge in [-0.25, -0.2) is 9.97 Å². The van der Waals surface area contributed by atoms with Gasteiger partial charge < -0.3 is 9.64 Å². The van der Waals surface area contributed by atoms with Crippen molar-refractivity contribution in [3.63, 3.8) is 0 Å². The smallest absolute Gasteiger partial charge is 0.255 e. The lowest BCUT2D eigenvalue weighted by Crippen LogP contribution is -2.36. The van der Waals surface area contributed by atoms with Crippen LogP contribution in [0.1, 0.15) is 21.6 Å². The van der Waals surface area contributed by atoms with Gasteiger partial charge in [0, 0.05) is 35.7 Å². The topological polar surface area (TPSA) is 55.3 Å². The Morgan fingerprint density at radius 1 is 1.43 bits per heavy atom. The molecule has 0 saturated heterocycles. The number of hydrogen-bond donors (Lipinski definition) is 0. The number of carbonyl (C=O) groups is 1. The first-order valence-corrected chi connectivity index (χ1v) is 7.39. The van der Waals surface area contributed by atoms with Crippen LogP contribution in [-0.4, -0.2) is 34.4 Å². The summed E-state index contributed by atoms with van der Waals surface area (Å²) in [6, 6.07) is 5.40. The number of aromatic nitrogens is 2. The Kier molecular flexibility index (Phi) is 3.88. The highest BCUT2D eigenvalue weighted by atomic mass is 79.9. The third-order valence-electron chi connectivity index (χ3n) is 3.55. The van der Waals surface area contributed by atoms with Crippen molar-refractivity contribution in [2.45, 2.75) is 13.0 Å². The Morgan fingerprint density at radius 2 is 2.29 bits per heavy atom. The van der Waals surface area contributed by atoms with E-state index in [1.165, 1.54) is 0 Å². The number of halogens is 1. The van der Waals surface area contributed by atoms with Gasteiger partial charge in [0.1, 0.15) is 12.1 Å². The molecule has 1 aliphatic heterocycles. The number of nitrogens with zero attached hydrogens (tertiary/aromatic N) is 3. The minimum atomic E-state index is -0.0183. The molecule has 1 aromatic carbocycles. The molecule has 0 fully saturated rings.